The minimum absolute atomic E-state index is 0.000893. The number of hydrogen-bond acceptors (Lipinski definition) is 8. The Balaban J connectivity index is 1.83. The third-order valence-electron chi connectivity index (χ3n) is 6.71. The van der Waals surface area contributed by atoms with E-state index in [0.29, 0.717) is 47.8 Å². The molecule has 9 nitrogen and oxygen atoms in total. The van der Waals surface area contributed by atoms with Crippen molar-refractivity contribution in [1.29, 1.82) is 0 Å². The van der Waals surface area contributed by atoms with Crippen LogP contribution in [-0.2, 0) is 20.7 Å². The number of methoxy groups -OCH3 is 3. The molecule has 1 saturated heterocycles. The first-order chi connectivity index (χ1) is 18.2. The van der Waals surface area contributed by atoms with Gasteiger partial charge in [-0.1, -0.05) is 0 Å². The lowest BCUT2D eigenvalue weighted by Gasteiger charge is -2.26. The molecule has 2 aromatic rings. The number of rotatable bonds is 10. The van der Waals surface area contributed by atoms with Crippen molar-refractivity contribution in [3.8, 4) is 23.0 Å². The van der Waals surface area contributed by atoms with Crippen LogP contribution in [0.15, 0.2) is 35.9 Å². The van der Waals surface area contributed by atoms with E-state index in [1.807, 2.05) is 26.8 Å². The summed E-state index contributed by atoms with van der Waals surface area (Å²) in [7, 11) is 4.49. The summed E-state index contributed by atoms with van der Waals surface area (Å²) in [6.45, 7) is 6.52. The molecule has 0 aromatic heterocycles. The summed E-state index contributed by atoms with van der Waals surface area (Å²) in [5, 5.41) is 11.5. The average molecular weight is 526 g/mol. The lowest BCUT2D eigenvalue weighted by molar-refractivity contribution is -0.140. The maximum atomic E-state index is 13.4. The van der Waals surface area contributed by atoms with Crippen molar-refractivity contribution in [2.45, 2.75) is 51.9 Å². The van der Waals surface area contributed by atoms with Crippen LogP contribution in [0.25, 0.3) is 5.76 Å². The number of hydrogen-bond donors (Lipinski definition) is 1. The first kappa shape index (κ1) is 27.3. The highest BCUT2D eigenvalue weighted by Gasteiger charge is 2.46. The molecule has 2 atom stereocenters. The maximum Gasteiger partial charge on any atom is 0.295 e. The molecule has 0 bridgehead atoms. The number of aliphatic hydroxyl groups is 1. The van der Waals surface area contributed by atoms with Gasteiger partial charge in [-0.05, 0) is 68.7 Å². The zero-order valence-corrected chi connectivity index (χ0v) is 22.7. The molecule has 0 radical (unpaired) electrons. The van der Waals surface area contributed by atoms with Crippen LogP contribution >= 0.6 is 0 Å². The zero-order valence-electron chi connectivity index (χ0n) is 22.7. The van der Waals surface area contributed by atoms with Crippen molar-refractivity contribution in [2.24, 2.45) is 0 Å². The van der Waals surface area contributed by atoms with Gasteiger partial charge < -0.3 is 33.7 Å². The van der Waals surface area contributed by atoms with Crippen molar-refractivity contribution in [3.63, 3.8) is 0 Å². The second-order valence-electron chi connectivity index (χ2n) is 9.68. The van der Waals surface area contributed by atoms with Crippen molar-refractivity contribution in [3.05, 3.63) is 52.6 Å². The number of carbonyl (C=O) groups excluding carboxylic acids is 2. The van der Waals surface area contributed by atoms with Gasteiger partial charge in [-0.25, -0.2) is 0 Å². The minimum Gasteiger partial charge on any atom is -0.507 e. The van der Waals surface area contributed by atoms with Gasteiger partial charge in [-0.15, -0.1) is 0 Å². The summed E-state index contributed by atoms with van der Waals surface area (Å²) in [5.41, 5.74) is 1.93. The summed E-state index contributed by atoms with van der Waals surface area (Å²) in [6, 6.07) is 7.81. The fourth-order valence-corrected chi connectivity index (χ4v) is 5.00. The van der Waals surface area contributed by atoms with Gasteiger partial charge in [0.25, 0.3) is 11.7 Å². The number of aliphatic hydroxyl groups excluding tert-OH is 1. The number of nitrogens with zero attached hydrogens (tertiary/aromatic N) is 1. The molecule has 1 amide bonds. The summed E-state index contributed by atoms with van der Waals surface area (Å²) < 4.78 is 27.9. The number of carbonyl (C=O) groups is 2. The van der Waals surface area contributed by atoms with Gasteiger partial charge in [0, 0.05) is 25.1 Å². The smallest absolute Gasteiger partial charge is 0.295 e. The number of ether oxygens (including phenoxy) is 5. The quantitative estimate of drug-likeness (QED) is 0.212. The molecule has 4 rings (SSSR count). The summed E-state index contributed by atoms with van der Waals surface area (Å²) >= 11 is 0. The van der Waals surface area contributed by atoms with Gasteiger partial charge in [0.1, 0.15) is 17.6 Å². The third-order valence-corrected chi connectivity index (χ3v) is 6.71. The van der Waals surface area contributed by atoms with Crippen LogP contribution in [0, 0.1) is 0 Å². The normalized spacial score (nSPS) is 20.0. The highest BCUT2D eigenvalue weighted by atomic mass is 16.5. The topological polar surface area (TPSA) is 104 Å². The Morgan fingerprint density at radius 3 is 2.37 bits per heavy atom. The molecule has 2 heterocycles. The number of fused-ring (bicyclic) bond motifs is 1. The molecular formula is C29H35NO8. The van der Waals surface area contributed by atoms with E-state index in [1.54, 1.807) is 24.3 Å². The molecule has 38 heavy (non-hydrogen) atoms. The van der Waals surface area contributed by atoms with Crippen LogP contribution in [0.2, 0.25) is 0 Å². The number of benzene rings is 2. The van der Waals surface area contributed by atoms with Crippen LogP contribution in [0.4, 0.5) is 0 Å². The minimum atomic E-state index is -0.869. The van der Waals surface area contributed by atoms with Crippen molar-refractivity contribution in [2.75, 3.05) is 34.5 Å². The van der Waals surface area contributed by atoms with E-state index in [2.05, 4.69) is 0 Å². The highest BCUT2D eigenvalue weighted by molar-refractivity contribution is 6.46. The maximum absolute atomic E-state index is 13.4. The fraction of sp³-hybridized carbons (Fsp3) is 0.448. The van der Waals surface area contributed by atoms with Crippen LogP contribution in [-0.4, -0.2) is 68.4 Å². The predicted molar refractivity (Wildman–Crippen MR) is 141 cm³/mol. The van der Waals surface area contributed by atoms with E-state index in [-0.39, 0.29) is 30.1 Å². The first-order valence-electron chi connectivity index (χ1n) is 12.7. The Bertz CT molecular complexity index is 1230. The highest BCUT2D eigenvalue weighted by Crippen LogP contribution is 2.46. The second-order valence-corrected chi connectivity index (χ2v) is 9.68. The average Bonchev–Trinajstić information content (AvgIpc) is 3.40. The van der Waals surface area contributed by atoms with Crippen molar-refractivity contribution in [1.82, 2.24) is 4.90 Å². The van der Waals surface area contributed by atoms with E-state index in [4.69, 9.17) is 23.7 Å². The Kier molecular flexibility index (Phi) is 8.16. The fourth-order valence-electron chi connectivity index (χ4n) is 5.00. The van der Waals surface area contributed by atoms with Gasteiger partial charge in [-0.2, -0.15) is 0 Å². The monoisotopic (exact) mass is 525 g/mol. The molecule has 1 fully saturated rings. The number of likely N-dealkylation sites (tertiary alicyclic amines) is 1. The molecule has 9 heteroatoms. The van der Waals surface area contributed by atoms with Crippen LogP contribution < -0.4 is 18.9 Å². The zero-order chi connectivity index (χ0) is 27.6. The Morgan fingerprint density at radius 1 is 1.08 bits per heavy atom. The van der Waals surface area contributed by atoms with Crippen LogP contribution in [0.5, 0.6) is 23.0 Å². The molecule has 2 aliphatic heterocycles. The molecule has 1 N–H and O–H groups in total. The van der Waals surface area contributed by atoms with E-state index < -0.39 is 17.7 Å². The van der Waals surface area contributed by atoms with E-state index in [0.717, 1.165) is 11.3 Å². The van der Waals surface area contributed by atoms with Crippen LogP contribution in [0.1, 0.15) is 49.9 Å². The molecular weight excluding hydrogens is 490 g/mol. The molecule has 0 spiro atoms. The Hall–Kier alpha value is -3.72. The van der Waals surface area contributed by atoms with Crippen LogP contribution in [0.3, 0.4) is 0 Å². The van der Waals surface area contributed by atoms with Crippen molar-refractivity contribution < 1.29 is 38.4 Å². The van der Waals surface area contributed by atoms with Gasteiger partial charge in [-0.3, -0.25) is 9.59 Å². The number of Topliss-reactive ketones (excluding diaryl/α,β-unsaturated/α-hetero) is 1. The molecule has 204 valence electrons. The lowest BCUT2D eigenvalue weighted by Crippen LogP contribution is -2.31. The van der Waals surface area contributed by atoms with Gasteiger partial charge in [0.15, 0.2) is 11.5 Å². The Labute approximate surface area is 222 Å². The van der Waals surface area contributed by atoms with Crippen molar-refractivity contribution >= 4 is 17.4 Å². The second kappa shape index (κ2) is 11.3. The lowest BCUT2D eigenvalue weighted by atomic mass is 9.94. The molecule has 0 aliphatic carbocycles. The standard InChI is InChI=1S/C29H35NO8/c1-16(2)37-11-7-10-30-25(20-14-22(34-4)28(36-6)23(15-20)35-5)24(27(32)29(30)33)26(31)18-8-9-21-19(13-18)12-17(3)38-21/h8-9,13-17,25,31H,7,10-12H2,1-6H3/b26-24+. The van der Waals surface area contributed by atoms with E-state index in [1.165, 1.54) is 26.2 Å². The predicted octanol–water partition coefficient (Wildman–Crippen LogP) is 4.27. The Morgan fingerprint density at radius 2 is 1.76 bits per heavy atom. The molecule has 2 unspecified atom stereocenters. The SMILES string of the molecule is COc1cc(C2/C(=C(\O)c3ccc4c(c3)CC(C)O4)C(=O)C(=O)N2CCCOC(C)C)cc(OC)c1OC. The summed E-state index contributed by atoms with van der Waals surface area (Å²) in [4.78, 5) is 28.2. The van der Waals surface area contributed by atoms with Gasteiger partial charge in [0.2, 0.25) is 5.75 Å². The van der Waals surface area contributed by atoms with E-state index in [9.17, 15) is 14.7 Å². The van der Waals surface area contributed by atoms with Gasteiger partial charge >= 0.3 is 0 Å². The number of amides is 1. The molecule has 2 aromatic carbocycles. The first-order valence-corrected chi connectivity index (χ1v) is 12.7. The third kappa shape index (κ3) is 5.15. The van der Waals surface area contributed by atoms with E-state index >= 15 is 0 Å². The largest absolute Gasteiger partial charge is 0.507 e. The summed E-state index contributed by atoms with van der Waals surface area (Å²) in [6.07, 6.45) is 1.28. The molecule has 0 saturated carbocycles. The number of ketones is 1. The van der Waals surface area contributed by atoms with Gasteiger partial charge in [0.05, 0.1) is 39.0 Å². The molecule has 2 aliphatic rings. The summed E-state index contributed by atoms with van der Waals surface area (Å²) in [5.74, 6) is 0.197.